The van der Waals surface area contributed by atoms with Crippen molar-refractivity contribution in [2.75, 3.05) is 6.54 Å². The minimum Gasteiger partial charge on any atom is -0.299 e. The van der Waals surface area contributed by atoms with Crippen LogP contribution in [0.5, 0.6) is 0 Å². The molecule has 1 aromatic rings. The lowest BCUT2D eigenvalue weighted by Gasteiger charge is -2.35. The Labute approximate surface area is 129 Å². The highest BCUT2D eigenvalue weighted by molar-refractivity contribution is 8.01. The summed E-state index contributed by atoms with van der Waals surface area (Å²) in [6.07, 6.45) is 6.12. The van der Waals surface area contributed by atoms with E-state index in [9.17, 15) is 5.26 Å². The molecule has 2 atom stereocenters. The van der Waals surface area contributed by atoms with Crippen molar-refractivity contribution in [2.45, 2.75) is 67.5 Å². The average Bonchev–Trinajstić information content (AvgIpc) is 2.93. The number of aromatic nitrogens is 2. The number of hydrogen-bond acceptors (Lipinski definition) is 6. The Morgan fingerprint density at radius 1 is 1.55 bits per heavy atom. The van der Waals surface area contributed by atoms with Crippen molar-refractivity contribution in [3.63, 3.8) is 0 Å². The van der Waals surface area contributed by atoms with E-state index in [1.807, 2.05) is 0 Å². The monoisotopic (exact) mass is 310 g/mol. The molecule has 1 saturated carbocycles. The number of rotatable bonds is 6. The van der Waals surface area contributed by atoms with Crippen molar-refractivity contribution >= 4 is 23.3 Å². The fourth-order valence-electron chi connectivity index (χ4n) is 2.56. The molecule has 1 aliphatic carbocycles. The van der Waals surface area contributed by atoms with Crippen molar-refractivity contribution in [1.82, 2.24) is 14.7 Å². The van der Waals surface area contributed by atoms with Gasteiger partial charge in [0.2, 0.25) is 0 Å². The summed E-state index contributed by atoms with van der Waals surface area (Å²) in [5.74, 6) is 0.934. The van der Waals surface area contributed by atoms with Gasteiger partial charge in [-0.2, -0.15) is 9.64 Å². The van der Waals surface area contributed by atoms with Gasteiger partial charge < -0.3 is 0 Å². The Morgan fingerprint density at radius 2 is 2.40 bits per heavy atom. The van der Waals surface area contributed by atoms with E-state index < -0.39 is 0 Å². The molecule has 0 aliphatic heterocycles. The topological polar surface area (TPSA) is 61.6 Å². The van der Waals surface area contributed by atoms with E-state index >= 15 is 0 Å². The van der Waals surface area contributed by atoms with Gasteiger partial charge in [-0.1, -0.05) is 25.6 Å². The molecule has 2 unspecified atom stereocenters. The van der Waals surface area contributed by atoms with Crippen molar-refractivity contribution in [1.29, 1.82) is 5.26 Å². The first-order valence-electron chi connectivity index (χ1n) is 7.37. The third-order valence-electron chi connectivity index (χ3n) is 3.67. The zero-order valence-corrected chi connectivity index (χ0v) is 13.8. The van der Waals surface area contributed by atoms with Gasteiger partial charge in [0.1, 0.15) is 11.4 Å². The zero-order chi connectivity index (χ0) is 14.4. The van der Waals surface area contributed by atoms with E-state index in [-0.39, 0.29) is 5.54 Å². The maximum absolute atomic E-state index is 9.55. The molecule has 1 aromatic heterocycles. The maximum atomic E-state index is 9.55. The second-order valence-corrected chi connectivity index (χ2v) is 7.59. The summed E-state index contributed by atoms with van der Waals surface area (Å²) in [5, 5.41) is 13.5. The predicted molar refractivity (Wildman–Crippen MR) is 84.0 cm³/mol. The van der Waals surface area contributed by atoms with E-state index in [0.717, 1.165) is 48.8 Å². The molecule has 0 bridgehead atoms. The van der Waals surface area contributed by atoms with Crippen LogP contribution in [-0.4, -0.2) is 26.7 Å². The van der Waals surface area contributed by atoms with Gasteiger partial charge in [0.25, 0.3) is 0 Å². The highest BCUT2D eigenvalue weighted by Gasteiger charge is 2.36. The fourth-order valence-corrected chi connectivity index (χ4v) is 4.85. The zero-order valence-electron chi connectivity index (χ0n) is 12.2. The minimum atomic E-state index is -0.329. The number of nitrogens with zero attached hydrogens (tertiary/aromatic N) is 3. The van der Waals surface area contributed by atoms with Gasteiger partial charge >= 0.3 is 0 Å². The van der Waals surface area contributed by atoms with E-state index in [2.05, 4.69) is 34.6 Å². The molecule has 0 spiro atoms. The molecule has 0 aromatic carbocycles. The Bertz CT molecular complexity index is 468. The van der Waals surface area contributed by atoms with Crippen LogP contribution in [0.25, 0.3) is 0 Å². The summed E-state index contributed by atoms with van der Waals surface area (Å²) in [6.45, 7) is 5.14. The molecule has 4 nitrogen and oxygen atoms in total. The molecule has 0 radical (unpaired) electrons. The van der Waals surface area contributed by atoms with E-state index in [1.54, 1.807) is 11.8 Å². The number of nitrogens with one attached hydrogen (secondary N) is 1. The quantitative estimate of drug-likeness (QED) is 0.872. The van der Waals surface area contributed by atoms with Crippen molar-refractivity contribution in [3.05, 3.63) is 5.82 Å². The molecule has 20 heavy (non-hydrogen) atoms. The van der Waals surface area contributed by atoms with Crippen LogP contribution in [0.1, 0.15) is 51.8 Å². The van der Waals surface area contributed by atoms with Gasteiger partial charge in [-0.25, -0.2) is 4.98 Å². The molecule has 2 rings (SSSR count). The van der Waals surface area contributed by atoms with Crippen molar-refractivity contribution in [2.24, 2.45) is 0 Å². The van der Waals surface area contributed by atoms with Crippen LogP contribution in [0.4, 0.5) is 0 Å². The van der Waals surface area contributed by atoms with Crippen LogP contribution in [0, 0.1) is 11.3 Å². The highest BCUT2D eigenvalue weighted by Crippen LogP contribution is 2.38. The van der Waals surface area contributed by atoms with Crippen molar-refractivity contribution in [3.8, 4) is 6.07 Å². The smallest absolute Gasteiger partial charge is 0.170 e. The molecule has 6 heteroatoms. The van der Waals surface area contributed by atoms with Gasteiger partial charge in [-0.05, 0) is 50.2 Å². The number of aryl methyl sites for hydroxylation is 1. The van der Waals surface area contributed by atoms with E-state index in [4.69, 9.17) is 0 Å². The first-order valence-corrected chi connectivity index (χ1v) is 9.02. The lowest BCUT2D eigenvalue weighted by Crippen LogP contribution is -2.48. The first kappa shape index (κ1) is 15.7. The summed E-state index contributed by atoms with van der Waals surface area (Å²) in [7, 11) is 0. The first-order chi connectivity index (χ1) is 9.71. The summed E-state index contributed by atoms with van der Waals surface area (Å²) in [4.78, 5) is 4.53. The fraction of sp³-hybridized carbons (Fsp3) is 0.786. The Kier molecular flexibility index (Phi) is 5.82. The Morgan fingerprint density at radius 3 is 3.05 bits per heavy atom. The summed E-state index contributed by atoms with van der Waals surface area (Å²) in [6, 6.07) is 2.53. The third-order valence-corrected chi connectivity index (χ3v) is 5.76. The second-order valence-electron chi connectivity index (χ2n) is 5.29. The normalized spacial score (nSPS) is 26.4. The molecule has 0 amide bonds. The minimum absolute atomic E-state index is 0.329. The van der Waals surface area contributed by atoms with Gasteiger partial charge in [0, 0.05) is 11.7 Å². The van der Waals surface area contributed by atoms with Crippen LogP contribution in [0.2, 0.25) is 0 Å². The Hall–Kier alpha value is -0.640. The van der Waals surface area contributed by atoms with E-state index in [1.165, 1.54) is 18.0 Å². The van der Waals surface area contributed by atoms with Gasteiger partial charge in [0.05, 0.1) is 6.07 Å². The van der Waals surface area contributed by atoms with Crippen LogP contribution in [0.15, 0.2) is 4.34 Å². The number of thioether (sulfide) groups is 1. The van der Waals surface area contributed by atoms with Crippen LogP contribution < -0.4 is 5.32 Å². The lowest BCUT2D eigenvalue weighted by molar-refractivity contribution is 0.305. The molecule has 110 valence electrons. The van der Waals surface area contributed by atoms with E-state index in [0.29, 0.717) is 5.25 Å². The molecule has 0 saturated heterocycles. The molecule has 1 aliphatic rings. The third kappa shape index (κ3) is 3.94. The summed E-state index contributed by atoms with van der Waals surface area (Å²) in [5.41, 5.74) is -0.329. The van der Waals surface area contributed by atoms with Crippen molar-refractivity contribution < 1.29 is 0 Å². The van der Waals surface area contributed by atoms with Crippen LogP contribution in [-0.2, 0) is 6.42 Å². The summed E-state index contributed by atoms with van der Waals surface area (Å²) >= 11 is 3.30. The maximum Gasteiger partial charge on any atom is 0.170 e. The standard InChI is InChI=1S/C14H22N4S2/c1-3-8-16-14(10-15)7-5-6-11(9-14)19-13-17-12(4-2)18-20-13/h11,16H,3-9H2,1-2H3. The van der Waals surface area contributed by atoms with Gasteiger partial charge in [0.15, 0.2) is 4.34 Å². The number of hydrogen-bond donors (Lipinski definition) is 1. The number of nitriles is 1. The molecule has 1 heterocycles. The Balaban J connectivity index is 1.97. The van der Waals surface area contributed by atoms with Gasteiger partial charge in [-0.3, -0.25) is 5.32 Å². The van der Waals surface area contributed by atoms with Crippen LogP contribution >= 0.6 is 23.3 Å². The molecular weight excluding hydrogens is 288 g/mol. The lowest BCUT2D eigenvalue weighted by atomic mass is 9.82. The van der Waals surface area contributed by atoms with Gasteiger partial charge in [-0.15, -0.1) is 0 Å². The molecule has 1 N–H and O–H groups in total. The summed E-state index contributed by atoms with van der Waals surface area (Å²) < 4.78 is 5.39. The second kappa shape index (κ2) is 7.39. The largest absolute Gasteiger partial charge is 0.299 e. The molecular formula is C14H22N4S2. The highest BCUT2D eigenvalue weighted by atomic mass is 32.2. The predicted octanol–water partition coefficient (Wildman–Crippen LogP) is 3.40. The SMILES string of the molecule is CCCNC1(C#N)CCCC(Sc2nc(CC)ns2)C1. The molecule has 1 fully saturated rings. The average molecular weight is 310 g/mol. The van der Waals surface area contributed by atoms with Crippen LogP contribution in [0.3, 0.4) is 0 Å².